The molecular formula is C23H21ClN4O. The molecule has 0 aliphatic carbocycles. The average Bonchev–Trinajstić information content (AvgIpc) is 3.10. The van der Waals surface area contributed by atoms with Gasteiger partial charge < -0.3 is 9.97 Å². The molecule has 0 saturated heterocycles. The number of H-pyrrole nitrogens is 2. The number of hydrogen-bond acceptors (Lipinski definition) is 3. The van der Waals surface area contributed by atoms with Crippen molar-refractivity contribution in [3.05, 3.63) is 86.4 Å². The predicted molar refractivity (Wildman–Crippen MR) is 116 cm³/mol. The summed E-state index contributed by atoms with van der Waals surface area (Å²) in [6, 6.07) is 13.8. The van der Waals surface area contributed by atoms with Crippen molar-refractivity contribution in [3.63, 3.8) is 0 Å². The van der Waals surface area contributed by atoms with Crippen LogP contribution in [0, 0.1) is 6.92 Å². The van der Waals surface area contributed by atoms with Crippen LogP contribution in [0.15, 0.2) is 53.5 Å². The summed E-state index contributed by atoms with van der Waals surface area (Å²) >= 11 is 5.98. The Morgan fingerprint density at radius 3 is 2.83 bits per heavy atom. The van der Waals surface area contributed by atoms with Crippen LogP contribution < -0.4 is 5.56 Å². The van der Waals surface area contributed by atoms with Gasteiger partial charge in [0.15, 0.2) is 0 Å². The maximum Gasteiger partial charge on any atom is 0.254 e. The fraction of sp³-hybridized carbons (Fsp3) is 0.217. The Labute approximate surface area is 173 Å². The van der Waals surface area contributed by atoms with Crippen LogP contribution in [0.4, 0.5) is 0 Å². The standard InChI is InChI=1S/C23H21ClN4O/c1-14-2-7-20-19(10-14)16(11-25-20)12-28-9-8-18-21(13-28)26-22(27-23(18)29)15-3-5-17(24)6-4-15/h2-7,10-11,25H,8-9,12-13H2,1H3,(H,26,27,29). The summed E-state index contributed by atoms with van der Waals surface area (Å²) < 4.78 is 0. The molecule has 5 nitrogen and oxygen atoms in total. The van der Waals surface area contributed by atoms with Gasteiger partial charge in [0, 0.05) is 52.9 Å². The van der Waals surface area contributed by atoms with E-state index in [-0.39, 0.29) is 5.56 Å². The van der Waals surface area contributed by atoms with Gasteiger partial charge in [-0.25, -0.2) is 4.98 Å². The number of hydrogen-bond donors (Lipinski definition) is 2. The van der Waals surface area contributed by atoms with E-state index in [4.69, 9.17) is 16.6 Å². The molecule has 0 bridgehead atoms. The highest BCUT2D eigenvalue weighted by Gasteiger charge is 2.22. The Kier molecular flexibility index (Phi) is 4.49. The van der Waals surface area contributed by atoms with Crippen molar-refractivity contribution in [3.8, 4) is 11.4 Å². The molecule has 1 aliphatic rings. The number of rotatable bonds is 3. The molecule has 4 aromatic rings. The lowest BCUT2D eigenvalue weighted by atomic mass is 10.0. The first kappa shape index (κ1) is 18.2. The van der Waals surface area contributed by atoms with E-state index in [9.17, 15) is 4.79 Å². The molecule has 0 spiro atoms. The minimum atomic E-state index is -0.0395. The molecule has 2 N–H and O–H groups in total. The van der Waals surface area contributed by atoms with Gasteiger partial charge in [-0.2, -0.15) is 0 Å². The number of nitrogens with zero attached hydrogens (tertiary/aromatic N) is 2. The highest BCUT2D eigenvalue weighted by molar-refractivity contribution is 6.30. The van der Waals surface area contributed by atoms with Crippen LogP contribution >= 0.6 is 11.6 Å². The first-order valence-electron chi connectivity index (χ1n) is 9.74. The van der Waals surface area contributed by atoms with Crippen LogP contribution in [0.25, 0.3) is 22.3 Å². The molecule has 6 heteroatoms. The maximum atomic E-state index is 12.6. The van der Waals surface area contributed by atoms with Crippen LogP contribution in [0.3, 0.4) is 0 Å². The minimum absolute atomic E-state index is 0.0395. The van der Waals surface area contributed by atoms with Crippen molar-refractivity contribution in [2.45, 2.75) is 26.4 Å². The van der Waals surface area contributed by atoms with E-state index in [1.54, 1.807) is 0 Å². The van der Waals surface area contributed by atoms with Crippen molar-refractivity contribution < 1.29 is 0 Å². The summed E-state index contributed by atoms with van der Waals surface area (Å²) in [6.07, 6.45) is 2.80. The Morgan fingerprint density at radius 2 is 2.00 bits per heavy atom. The van der Waals surface area contributed by atoms with E-state index < -0.39 is 0 Å². The Balaban J connectivity index is 1.44. The number of aryl methyl sites for hydroxylation is 1. The van der Waals surface area contributed by atoms with Crippen LogP contribution in [0.5, 0.6) is 0 Å². The Bertz CT molecular complexity index is 1260. The molecule has 0 amide bonds. The lowest BCUT2D eigenvalue weighted by Crippen LogP contribution is -2.35. The third-order valence-electron chi connectivity index (χ3n) is 5.59. The third-order valence-corrected chi connectivity index (χ3v) is 5.84. The molecule has 2 aromatic carbocycles. The van der Waals surface area contributed by atoms with Gasteiger partial charge in [-0.3, -0.25) is 9.69 Å². The number of nitrogens with one attached hydrogen (secondary N) is 2. The molecular weight excluding hydrogens is 384 g/mol. The molecule has 5 rings (SSSR count). The summed E-state index contributed by atoms with van der Waals surface area (Å²) in [7, 11) is 0. The molecule has 2 aromatic heterocycles. The van der Waals surface area contributed by atoms with E-state index in [1.807, 2.05) is 24.3 Å². The monoisotopic (exact) mass is 404 g/mol. The zero-order valence-corrected chi connectivity index (χ0v) is 16.9. The molecule has 1 aliphatic heterocycles. The first-order valence-corrected chi connectivity index (χ1v) is 10.1. The first-order chi connectivity index (χ1) is 14.1. The van der Waals surface area contributed by atoms with Crippen LogP contribution in [-0.4, -0.2) is 26.4 Å². The topological polar surface area (TPSA) is 64.8 Å². The third kappa shape index (κ3) is 3.48. The van der Waals surface area contributed by atoms with Gasteiger partial charge >= 0.3 is 0 Å². The fourth-order valence-electron chi connectivity index (χ4n) is 4.04. The van der Waals surface area contributed by atoms with Crippen molar-refractivity contribution >= 4 is 22.5 Å². The Hall–Kier alpha value is -2.89. The van der Waals surface area contributed by atoms with E-state index in [0.29, 0.717) is 23.8 Å². The van der Waals surface area contributed by atoms with Crippen LogP contribution in [-0.2, 0) is 19.5 Å². The number of aromatic amines is 2. The van der Waals surface area contributed by atoms with Crippen molar-refractivity contribution in [1.29, 1.82) is 0 Å². The van der Waals surface area contributed by atoms with E-state index in [2.05, 4.69) is 46.2 Å². The van der Waals surface area contributed by atoms with Gasteiger partial charge in [-0.05, 0) is 55.3 Å². The highest BCUT2D eigenvalue weighted by Crippen LogP contribution is 2.24. The SMILES string of the molecule is Cc1ccc2[nH]cc(CN3CCc4c(nc(-c5ccc(Cl)cc5)[nH]c4=O)C3)c2c1. The predicted octanol–water partition coefficient (Wildman–Crippen LogP) is 4.44. The van der Waals surface area contributed by atoms with Crippen molar-refractivity contribution in [2.24, 2.45) is 0 Å². The van der Waals surface area contributed by atoms with Gasteiger partial charge in [0.2, 0.25) is 0 Å². The molecule has 0 atom stereocenters. The van der Waals surface area contributed by atoms with E-state index in [1.165, 1.54) is 16.5 Å². The summed E-state index contributed by atoms with van der Waals surface area (Å²) in [6.45, 7) is 4.45. The van der Waals surface area contributed by atoms with Gasteiger partial charge in [-0.1, -0.05) is 23.2 Å². The number of benzene rings is 2. The minimum Gasteiger partial charge on any atom is -0.361 e. The smallest absolute Gasteiger partial charge is 0.254 e. The van der Waals surface area contributed by atoms with E-state index in [0.717, 1.165) is 35.4 Å². The normalized spacial score (nSPS) is 14.3. The Morgan fingerprint density at radius 1 is 1.17 bits per heavy atom. The van der Waals surface area contributed by atoms with Crippen molar-refractivity contribution in [2.75, 3.05) is 6.54 Å². The van der Waals surface area contributed by atoms with E-state index >= 15 is 0 Å². The zero-order chi connectivity index (χ0) is 20.0. The largest absolute Gasteiger partial charge is 0.361 e. The summed E-state index contributed by atoms with van der Waals surface area (Å²) in [5, 5.41) is 1.92. The second-order valence-corrected chi connectivity index (χ2v) is 8.11. The van der Waals surface area contributed by atoms with Gasteiger partial charge in [0.25, 0.3) is 5.56 Å². The maximum absolute atomic E-state index is 12.6. The molecule has 0 saturated carbocycles. The average molecular weight is 405 g/mol. The fourth-order valence-corrected chi connectivity index (χ4v) is 4.16. The number of fused-ring (bicyclic) bond motifs is 2. The van der Waals surface area contributed by atoms with Gasteiger partial charge in [0.1, 0.15) is 5.82 Å². The molecule has 29 heavy (non-hydrogen) atoms. The summed E-state index contributed by atoms with van der Waals surface area (Å²) in [4.78, 5) is 26.0. The molecule has 0 unspecified atom stereocenters. The van der Waals surface area contributed by atoms with Crippen LogP contribution in [0.1, 0.15) is 22.4 Å². The molecule has 0 fully saturated rings. The zero-order valence-electron chi connectivity index (χ0n) is 16.1. The quantitative estimate of drug-likeness (QED) is 0.530. The lowest BCUT2D eigenvalue weighted by molar-refractivity contribution is 0.241. The van der Waals surface area contributed by atoms with Gasteiger partial charge in [0.05, 0.1) is 5.69 Å². The molecule has 0 radical (unpaired) electrons. The summed E-state index contributed by atoms with van der Waals surface area (Å²) in [5.74, 6) is 0.593. The van der Waals surface area contributed by atoms with Gasteiger partial charge in [-0.15, -0.1) is 0 Å². The second kappa shape index (κ2) is 7.17. The molecule has 146 valence electrons. The van der Waals surface area contributed by atoms with Crippen LogP contribution in [0.2, 0.25) is 5.02 Å². The number of aromatic nitrogens is 3. The molecule has 3 heterocycles. The second-order valence-electron chi connectivity index (χ2n) is 7.67. The lowest BCUT2D eigenvalue weighted by Gasteiger charge is -2.27. The van der Waals surface area contributed by atoms with Crippen molar-refractivity contribution in [1.82, 2.24) is 19.9 Å². The summed E-state index contributed by atoms with van der Waals surface area (Å²) in [5.41, 5.74) is 6.16. The number of halogens is 1. The highest BCUT2D eigenvalue weighted by atomic mass is 35.5.